The van der Waals surface area contributed by atoms with Crippen LogP contribution in [0.1, 0.15) is 23.3 Å². The molecule has 1 aromatic carbocycles. The molecule has 0 radical (unpaired) electrons. The first-order valence-corrected chi connectivity index (χ1v) is 9.09. The van der Waals surface area contributed by atoms with Crippen molar-refractivity contribution in [3.8, 4) is 0 Å². The van der Waals surface area contributed by atoms with Crippen LogP contribution in [0, 0.1) is 9.41 Å². The minimum Gasteiger partial charge on any atom is -0.480 e. The molecule has 27 heavy (non-hydrogen) atoms. The van der Waals surface area contributed by atoms with Gasteiger partial charge in [0.1, 0.15) is 10.3 Å². The molecule has 0 bridgehead atoms. The Kier molecular flexibility index (Phi) is 5.68. The van der Waals surface area contributed by atoms with Crippen molar-refractivity contribution in [3.63, 3.8) is 0 Å². The van der Waals surface area contributed by atoms with E-state index < -0.39 is 24.0 Å². The van der Waals surface area contributed by atoms with Crippen molar-refractivity contribution < 1.29 is 19.8 Å². The monoisotopic (exact) mass is 406 g/mol. The van der Waals surface area contributed by atoms with Gasteiger partial charge in [-0.05, 0) is 49.3 Å². The number of carboxylic acid groups (broad SMARTS) is 1. The summed E-state index contributed by atoms with van der Waals surface area (Å²) in [6, 6.07) is 7.26. The summed E-state index contributed by atoms with van der Waals surface area (Å²) in [7, 11) is 0. The maximum atomic E-state index is 12.3. The maximum absolute atomic E-state index is 12.3. The molecule has 2 unspecified atom stereocenters. The predicted octanol–water partition coefficient (Wildman–Crippen LogP) is 2.47. The number of aliphatic carboxylic acids is 1. The van der Waals surface area contributed by atoms with Crippen LogP contribution in [0.15, 0.2) is 30.3 Å². The lowest BCUT2D eigenvalue weighted by molar-refractivity contribution is -0.142. The number of aliphatic hydroxyl groups is 1. The molecule has 2 atom stereocenters. The first-order valence-electron chi connectivity index (χ1n) is 8.28. The SMILES string of the molecule is O=C(Nc1ccc(N2CCCC(O)C2C(=O)O)cc1)c1cc(=S)[nH]c(=S)[nH]1. The molecule has 5 N–H and O–H groups in total. The number of nitrogens with one attached hydrogen (secondary N) is 3. The fourth-order valence-corrected chi connectivity index (χ4v) is 3.59. The Morgan fingerprint density at radius 2 is 1.89 bits per heavy atom. The highest BCUT2D eigenvalue weighted by molar-refractivity contribution is 7.72. The Balaban J connectivity index is 1.77. The summed E-state index contributed by atoms with van der Waals surface area (Å²) in [5, 5.41) is 22.1. The first kappa shape index (κ1) is 19.2. The zero-order chi connectivity index (χ0) is 19.6. The van der Waals surface area contributed by atoms with Gasteiger partial charge < -0.3 is 30.4 Å². The summed E-state index contributed by atoms with van der Waals surface area (Å²) in [5.41, 5.74) is 1.44. The number of H-pyrrole nitrogens is 2. The van der Waals surface area contributed by atoms with E-state index in [1.807, 2.05) is 0 Å². The van der Waals surface area contributed by atoms with Gasteiger partial charge >= 0.3 is 5.97 Å². The molecule has 0 saturated carbocycles. The molecular weight excluding hydrogens is 388 g/mol. The van der Waals surface area contributed by atoms with Crippen molar-refractivity contribution in [3.05, 3.63) is 45.4 Å². The van der Waals surface area contributed by atoms with E-state index in [0.29, 0.717) is 35.4 Å². The summed E-state index contributed by atoms with van der Waals surface area (Å²) in [4.78, 5) is 30.9. The Labute approximate surface area is 164 Å². The largest absolute Gasteiger partial charge is 0.480 e. The Bertz CT molecular complexity index is 942. The van der Waals surface area contributed by atoms with Gasteiger partial charge in [0.2, 0.25) is 0 Å². The molecular formula is C17H18N4O4S2. The fourth-order valence-electron chi connectivity index (χ4n) is 3.09. The lowest BCUT2D eigenvalue weighted by Crippen LogP contribution is -2.53. The van der Waals surface area contributed by atoms with Crippen LogP contribution in [0.3, 0.4) is 0 Å². The third-order valence-corrected chi connectivity index (χ3v) is 4.74. The molecule has 1 saturated heterocycles. The van der Waals surface area contributed by atoms with Crippen molar-refractivity contribution in [2.24, 2.45) is 0 Å². The standard InChI is InChI=1S/C17H18N4O4S2/c22-12-2-1-7-21(14(12)16(24)25)10-5-3-9(4-6-10)18-15(23)11-8-13(26)20-17(27)19-11/h3-6,8,12,14,22H,1-2,7H2,(H,18,23)(H,24,25)(H2,19,20,26,27). The molecule has 0 spiro atoms. The van der Waals surface area contributed by atoms with Crippen molar-refractivity contribution in [1.29, 1.82) is 0 Å². The number of aromatic amines is 2. The number of benzene rings is 1. The number of carbonyl (C=O) groups excluding carboxylic acids is 1. The molecule has 1 aliphatic rings. The second-order valence-electron chi connectivity index (χ2n) is 6.19. The van der Waals surface area contributed by atoms with Crippen LogP contribution in [0.4, 0.5) is 11.4 Å². The summed E-state index contributed by atoms with van der Waals surface area (Å²) < 4.78 is 0.606. The zero-order valence-electron chi connectivity index (χ0n) is 14.1. The summed E-state index contributed by atoms with van der Waals surface area (Å²) in [5.74, 6) is -1.46. The summed E-state index contributed by atoms with van der Waals surface area (Å²) >= 11 is 9.98. The minimum absolute atomic E-state index is 0.234. The van der Waals surface area contributed by atoms with E-state index in [2.05, 4.69) is 15.3 Å². The number of piperidine rings is 1. The van der Waals surface area contributed by atoms with Crippen LogP contribution in [0.25, 0.3) is 0 Å². The molecule has 8 nitrogen and oxygen atoms in total. The highest BCUT2D eigenvalue weighted by Crippen LogP contribution is 2.26. The van der Waals surface area contributed by atoms with E-state index in [4.69, 9.17) is 24.4 Å². The van der Waals surface area contributed by atoms with Gasteiger partial charge in [0.25, 0.3) is 5.91 Å². The molecule has 10 heteroatoms. The van der Waals surface area contributed by atoms with Crippen molar-refractivity contribution in [2.45, 2.75) is 25.0 Å². The van der Waals surface area contributed by atoms with Crippen LogP contribution in [-0.4, -0.2) is 50.7 Å². The highest BCUT2D eigenvalue weighted by Gasteiger charge is 2.35. The fraction of sp³-hybridized carbons (Fsp3) is 0.294. The molecule has 1 fully saturated rings. The molecule has 142 valence electrons. The summed E-state index contributed by atoms with van der Waals surface area (Å²) in [6.45, 7) is 0.540. The molecule has 3 rings (SSSR count). The lowest BCUT2D eigenvalue weighted by Gasteiger charge is -2.38. The van der Waals surface area contributed by atoms with Gasteiger partial charge in [-0.3, -0.25) is 4.79 Å². The van der Waals surface area contributed by atoms with Crippen molar-refractivity contribution in [1.82, 2.24) is 9.97 Å². The average Bonchev–Trinajstić information content (AvgIpc) is 2.61. The van der Waals surface area contributed by atoms with E-state index >= 15 is 0 Å². The number of amides is 1. The smallest absolute Gasteiger partial charge is 0.329 e. The Morgan fingerprint density at radius 1 is 1.19 bits per heavy atom. The molecule has 2 heterocycles. The maximum Gasteiger partial charge on any atom is 0.329 e. The Hall–Kier alpha value is -2.56. The first-order chi connectivity index (χ1) is 12.8. The van der Waals surface area contributed by atoms with E-state index in [1.165, 1.54) is 6.07 Å². The van der Waals surface area contributed by atoms with Crippen molar-refractivity contribution in [2.75, 3.05) is 16.8 Å². The number of anilines is 2. The normalized spacial score (nSPS) is 19.5. The number of aromatic nitrogens is 2. The van der Waals surface area contributed by atoms with Gasteiger partial charge in [-0.1, -0.05) is 12.2 Å². The number of rotatable bonds is 4. The van der Waals surface area contributed by atoms with Gasteiger partial charge in [-0.2, -0.15) is 0 Å². The van der Waals surface area contributed by atoms with Crippen molar-refractivity contribution >= 4 is 47.7 Å². The topological polar surface area (TPSA) is 121 Å². The number of carbonyl (C=O) groups is 2. The minimum atomic E-state index is -1.06. The Morgan fingerprint density at radius 3 is 2.52 bits per heavy atom. The lowest BCUT2D eigenvalue weighted by atomic mass is 9.98. The number of aliphatic hydroxyl groups excluding tert-OH is 1. The van der Waals surface area contributed by atoms with Crippen LogP contribution in [0.5, 0.6) is 0 Å². The number of nitrogens with zero attached hydrogens (tertiary/aromatic N) is 1. The average molecular weight is 406 g/mol. The quantitative estimate of drug-likeness (QED) is 0.495. The third-order valence-electron chi connectivity index (χ3n) is 4.31. The van der Waals surface area contributed by atoms with Crippen LogP contribution < -0.4 is 10.2 Å². The van der Waals surface area contributed by atoms with Gasteiger partial charge in [-0.25, -0.2) is 4.79 Å². The third kappa shape index (κ3) is 4.41. The number of carboxylic acids is 1. The number of hydrogen-bond donors (Lipinski definition) is 5. The van der Waals surface area contributed by atoms with E-state index in [-0.39, 0.29) is 10.5 Å². The van der Waals surface area contributed by atoms with Gasteiger partial charge in [0.15, 0.2) is 10.8 Å². The van der Waals surface area contributed by atoms with Gasteiger partial charge in [-0.15, -0.1) is 0 Å². The summed E-state index contributed by atoms with van der Waals surface area (Å²) in [6.07, 6.45) is 0.251. The highest BCUT2D eigenvalue weighted by atomic mass is 32.1. The van der Waals surface area contributed by atoms with Gasteiger partial charge in [0.05, 0.1) is 6.10 Å². The van der Waals surface area contributed by atoms with E-state index in [1.54, 1.807) is 29.2 Å². The second-order valence-corrected chi connectivity index (χ2v) is 7.04. The molecule has 0 aliphatic carbocycles. The second kappa shape index (κ2) is 7.99. The van der Waals surface area contributed by atoms with E-state index in [0.717, 1.165) is 0 Å². The van der Waals surface area contributed by atoms with Crippen LogP contribution in [0.2, 0.25) is 0 Å². The molecule has 1 amide bonds. The molecule has 1 aromatic heterocycles. The van der Waals surface area contributed by atoms with E-state index in [9.17, 15) is 19.8 Å². The molecule has 2 aromatic rings. The van der Waals surface area contributed by atoms with Crippen LogP contribution >= 0.6 is 24.4 Å². The zero-order valence-corrected chi connectivity index (χ0v) is 15.8. The predicted molar refractivity (Wildman–Crippen MR) is 105 cm³/mol. The molecule has 1 aliphatic heterocycles. The van der Waals surface area contributed by atoms with Crippen LogP contribution in [-0.2, 0) is 4.79 Å². The van der Waals surface area contributed by atoms with Gasteiger partial charge in [0, 0.05) is 24.0 Å². The number of hydrogen-bond acceptors (Lipinski definition) is 6.